The lowest BCUT2D eigenvalue weighted by molar-refractivity contribution is 0.112. The fraction of sp³-hybridized carbons (Fsp3) is 0.125. The van der Waals surface area contributed by atoms with Crippen molar-refractivity contribution in [2.24, 2.45) is 0 Å². The van der Waals surface area contributed by atoms with Gasteiger partial charge < -0.3 is 0 Å². The Morgan fingerprint density at radius 2 is 2.10 bits per heavy atom. The molecule has 0 saturated heterocycles. The smallest absolute Gasteiger partial charge is 0.153 e. The molecule has 21 heavy (non-hydrogen) atoms. The number of hydrogen-bond donors (Lipinski definition) is 0. The van der Waals surface area contributed by atoms with Crippen LogP contribution in [0, 0.1) is 13.8 Å². The number of aldehydes is 1. The average molecular weight is 361 g/mol. The Balaban J connectivity index is 2.16. The van der Waals surface area contributed by atoms with Gasteiger partial charge in [-0.05, 0) is 41.4 Å². The zero-order valence-corrected chi connectivity index (χ0v) is 14.0. The fourth-order valence-electron chi connectivity index (χ4n) is 2.32. The van der Waals surface area contributed by atoms with Crippen molar-refractivity contribution in [3.8, 4) is 16.9 Å². The second kappa shape index (κ2) is 5.58. The van der Waals surface area contributed by atoms with Gasteiger partial charge in [0.2, 0.25) is 0 Å². The van der Waals surface area contributed by atoms with Crippen LogP contribution in [-0.4, -0.2) is 16.1 Å². The van der Waals surface area contributed by atoms with Gasteiger partial charge in [-0.25, -0.2) is 4.68 Å². The second-order valence-corrected chi connectivity index (χ2v) is 6.52. The minimum Gasteiger partial charge on any atom is -0.298 e. The molecule has 0 atom stereocenters. The minimum atomic E-state index is 0.592. The van der Waals surface area contributed by atoms with Crippen LogP contribution in [0.4, 0.5) is 0 Å². The van der Waals surface area contributed by atoms with Gasteiger partial charge >= 0.3 is 0 Å². The zero-order chi connectivity index (χ0) is 15.0. The van der Waals surface area contributed by atoms with Crippen LogP contribution in [0.3, 0.4) is 0 Å². The van der Waals surface area contributed by atoms with Crippen molar-refractivity contribution >= 4 is 33.6 Å². The maximum atomic E-state index is 11.4. The van der Waals surface area contributed by atoms with Crippen molar-refractivity contribution in [2.75, 3.05) is 0 Å². The summed E-state index contributed by atoms with van der Waals surface area (Å²) >= 11 is 5.08. The number of thiophene rings is 1. The number of carbonyl (C=O) groups is 1. The maximum Gasteiger partial charge on any atom is 0.153 e. The van der Waals surface area contributed by atoms with Gasteiger partial charge in [0.1, 0.15) is 5.69 Å². The lowest BCUT2D eigenvalue weighted by atomic mass is 10.1. The van der Waals surface area contributed by atoms with E-state index in [1.165, 1.54) is 5.56 Å². The van der Waals surface area contributed by atoms with E-state index in [4.69, 9.17) is 0 Å². The van der Waals surface area contributed by atoms with Crippen molar-refractivity contribution in [2.45, 2.75) is 13.8 Å². The van der Waals surface area contributed by atoms with Gasteiger partial charge in [-0.2, -0.15) is 16.4 Å². The van der Waals surface area contributed by atoms with Crippen LogP contribution < -0.4 is 0 Å². The number of halogens is 1. The summed E-state index contributed by atoms with van der Waals surface area (Å²) in [7, 11) is 0. The van der Waals surface area contributed by atoms with Crippen LogP contribution in [0.5, 0.6) is 0 Å². The molecule has 2 aromatic heterocycles. The molecule has 0 aliphatic carbocycles. The van der Waals surface area contributed by atoms with Gasteiger partial charge in [-0.3, -0.25) is 4.79 Å². The fourth-order valence-corrected chi connectivity index (χ4v) is 3.79. The highest BCUT2D eigenvalue weighted by Crippen LogP contribution is 2.33. The number of carbonyl (C=O) groups excluding carboxylic acids is 1. The van der Waals surface area contributed by atoms with Crippen LogP contribution in [0.1, 0.15) is 21.5 Å². The lowest BCUT2D eigenvalue weighted by Crippen LogP contribution is -1.98. The number of rotatable bonds is 3. The predicted octanol–water partition coefficient (Wildman–Crippen LogP) is 4.79. The molecule has 106 valence electrons. The molecule has 3 rings (SSSR count). The molecule has 0 unspecified atom stereocenters. The summed E-state index contributed by atoms with van der Waals surface area (Å²) in [6.45, 7) is 4.11. The summed E-state index contributed by atoms with van der Waals surface area (Å²) in [6.07, 6.45) is 2.64. The quantitative estimate of drug-likeness (QED) is 0.629. The van der Waals surface area contributed by atoms with Gasteiger partial charge in [0, 0.05) is 27.0 Å². The van der Waals surface area contributed by atoms with Crippen LogP contribution in [0.15, 0.2) is 39.6 Å². The number of aryl methyl sites for hydroxylation is 2. The van der Waals surface area contributed by atoms with Crippen molar-refractivity contribution in [1.82, 2.24) is 9.78 Å². The van der Waals surface area contributed by atoms with E-state index in [1.807, 2.05) is 29.8 Å². The molecule has 1 aromatic carbocycles. The van der Waals surface area contributed by atoms with E-state index in [0.717, 1.165) is 27.6 Å². The number of aromatic nitrogens is 2. The lowest BCUT2D eigenvalue weighted by Gasteiger charge is -2.06. The van der Waals surface area contributed by atoms with Crippen molar-refractivity contribution in [1.29, 1.82) is 0 Å². The first kappa shape index (κ1) is 14.2. The summed E-state index contributed by atoms with van der Waals surface area (Å²) in [4.78, 5) is 11.4. The highest BCUT2D eigenvalue weighted by molar-refractivity contribution is 9.10. The van der Waals surface area contributed by atoms with Gasteiger partial charge in [0.25, 0.3) is 0 Å². The molecule has 5 heteroatoms. The predicted molar refractivity (Wildman–Crippen MR) is 89.4 cm³/mol. The normalized spacial score (nSPS) is 10.8. The first-order valence-corrected chi connectivity index (χ1v) is 8.18. The maximum absolute atomic E-state index is 11.4. The molecule has 3 nitrogen and oxygen atoms in total. The number of benzene rings is 1. The third kappa shape index (κ3) is 2.59. The summed E-state index contributed by atoms with van der Waals surface area (Å²) in [6, 6.07) is 6.18. The topological polar surface area (TPSA) is 34.9 Å². The van der Waals surface area contributed by atoms with E-state index in [2.05, 4.69) is 34.0 Å². The summed E-state index contributed by atoms with van der Waals surface area (Å²) in [5.74, 6) is 0. The molecular weight excluding hydrogens is 348 g/mol. The molecule has 2 heterocycles. The van der Waals surface area contributed by atoms with Crippen LogP contribution in [0.2, 0.25) is 0 Å². The molecular formula is C16H13BrN2OS. The number of nitrogens with zero attached hydrogens (tertiary/aromatic N) is 2. The molecule has 0 aliphatic heterocycles. The molecule has 0 radical (unpaired) electrons. The van der Waals surface area contributed by atoms with E-state index in [1.54, 1.807) is 22.2 Å². The Bertz CT molecular complexity index is 820. The van der Waals surface area contributed by atoms with Crippen molar-refractivity contribution < 1.29 is 4.79 Å². The minimum absolute atomic E-state index is 0.592. The van der Waals surface area contributed by atoms with Crippen LogP contribution in [-0.2, 0) is 0 Å². The largest absolute Gasteiger partial charge is 0.298 e. The molecule has 0 bridgehead atoms. The Hall–Kier alpha value is -1.72. The third-order valence-electron chi connectivity index (χ3n) is 3.34. The monoisotopic (exact) mass is 360 g/mol. The number of hydrogen-bond acceptors (Lipinski definition) is 3. The van der Waals surface area contributed by atoms with Gasteiger partial charge in [-0.15, -0.1) is 0 Å². The Morgan fingerprint density at radius 1 is 1.29 bits per heavy atom. The second-order valence-electron chi connectivity index (χ2n) is 4.92. The highest BCUT2D eigenvalue weighted by atomic mass is 79.9. The van der Waals surface area contributed by atoms with Crippen molar-refractivity contribution in [3.05, 3.63) is 56.3 Å². The summed E-state index contributed by atoms with van der Waals surface area (Å²) in [5, 5.41) is 8.59. The van der Waals surface area contributed by atoms with Gasteiger partial charge in [0.05, 0.1) is 11.3 Å². The molecule has 0 N–H and O–H groups in total. The SMILES string of the molecule is Cc1ccc(-n2cc(C=O)c(-c3cscc3Br)n2)c(C)c1. The Kier molecular flexibility index (Phi) is 3.78. The van der Waals surface area contributed by atoms with Crippen LogP contribution in [0.25, 0.3) is 16.9 Å². The molecule has 0 amide bonds. The first-order chi connectivity index (χ1) is 10.1. The summed E-state index contributed by atoms with van der Waals surface area (Å²) in [5.41, 5.74) is 5.57. The van der Waals surface area contributed by atoms with Gasteiger partial charge in [0.15, 0.2) is 6.29 Å². The molecule has 0 fully saturated rings. The molecule has 0 aliphatic rings. The standard InChI is InChI=1S/C16H13BrN2OS/c1-10-3-4-15(11(2)5-10)19-6-12(7-20)16(18-19)13-8-21-9-14(13)17/h3-9H,1-2H3. The highest BCUT2D eigenvalue weighted by Gasteiger charge is 2.15. The molecule has 0 spiro atoms. The van der Waals surface area contributed by atoms with Crippen LogP contribution >= 0.6 is 27.3 Å². The van der Waals surface area contributed by atoms with E-state index < -0.39 is 0 Å². The molecule has 0 saturated carbocycles. The van der Waals surface area contributed by atoms with Crippen molar-refractivity contribution in [3.63, 3.8) is 0 Å². The van der Waals surface area contributed by atoms with E-state index in [-0.39, 0.29) is 0 Å². The van der Waals surface area contributed by atoms with E-state index in [0.29, 0.717) is 11.3 Å². The summed E-state index contributed by atoms with van der Waals surface area (Å²) < 4.78 is 2.74. The average Bonchev–Trinajstić information content (AvgIpc) is 3.04. The Morgan fingerprint density at radius 3 is 2.71 bits per heavy atom. The Labute approximate surface area is 135 Å². The van der Waals surface area contributed by atoms with Gasteiger partial charge in [-0.1, -0.05) is 17.7 Å². The van der Waals surface area contributed by atoms with E-state index in [9.17, 15) is 4.79 Å². The molecule has 3 aromatic rings. The zero-order valence-electron chi connectivity index (χ0n) is 11.6. The third-order valence-corrected chi connectivity index (χ3v) is 5.04. The first-order valence-electron chi connectivity index (χ1n) is 6.44. The van der Waals surface area contributed by atoms with E-state index >= 15 is 0 Å².